The van der Waals surface area contributed by atoms with E-state index in [9.17, 15) is 13.9 Å². The lowest BCUT2D eigenvalue weighted by Crippen LogP contribution is -2.54. The van der Waals surface area contributed by atoms with E-state index >= 15 is 0 Å². The van der Waals surface area contributed by atoms with Crippen LogP contribution in [0.4, 0.5) is 8.78 Å². The summed E-state index contributed by atoms with van der Waals surface area (Å²) in [6.07, 6.45) is 1.75. The molecule has 104 valence electrons. The molecule has 1 aromatic rings. The van der Waals surface area contributed by atoms with Crippen molar-refractivity contribution in [1.29, 1.82) is 0 Å². The van der Waals surface area contributed by atoms with Crippen LogP contribution >= 0.6 is 0 Å². The Morgan fingerprint density at radius 1 is 1.16 bits per heavy atom. The van der Waals surface area contributed by atoms with Gasteiger partial charge < -0.3 is 10.4 Å². The van der Waals surface area contributed by atoms with Gasteiger partial charge in [-0.3, -0.25) is 0 Å². The van der Waals surface area contributed by atoms with Crippen molar-refractivity contribution in [3.8, 4) is 0 Å². The lowest BCUT2D eigenvalue weighted by molar-refractivity contribution is -0.0385. The first-order valence-electron chi connectivity index (χ1n) is 6.94. The van der Waals surface area contributed by atoms with Gasteiger partial charge in [0.05, 0.1) is 5.60 Å². The van der Waals surface area contributed by atoms with Gasteiger partial charge in [-0.15, -0.1) is 0 Å². The van der Waals surface area contributed by atoms with Crippen molar-refractivity contribution >= 4 is 0 Å². The Bertz CT molecular complexity index is 451. The highest BCUT2D eigenvalue weighted by Crippen LogP contribution is 2.42. The van der Waals surface area contributed by atoms with Gasteiger partial charge >= 0.3 is 0 Å². The molecule has 4 heteroatoms. The van der Waals surface area contributed by atoms with Crippen LogP contribution in [0.25, 0.3) is 0 Å². The van der Waals surface area contributed by atoms with Crippen molar-refractivity contribution in [2.24, 2.45) is 0 Å². The molecule has 2 aliphatic rings. The largest absolute Gasteiger partial charge is 0.385 e. The van der Waals surface area contributed by atoms with E-state index in [2.05, 4.69) is 5.32 Å². The van der Waals surface area contributed by atoms with Crippen LogP contribution in [0.1, 0.15) is 49.7 Å². The van der Waals surface area contributed by atoms with Crippen molar-refractivity contribution < 1.29 is 13.9 Å². The number of hydrogen-bond acceptors (Lipinski definition) is 2. The van der Waals surface area contributed by atoms with Gasteiger partial charge in [-0.1, -0.05) is 30.7 Å². The van der Waals surface area contributed by atoms with E-state index in [0.717, 1.165) is 19.3 Å². The molecule has 0 spiro atoms. The van der Waals surface area contributed by atoms with E-state index in [1.165, 1.54) is 6.07 Å². The molecule has 19 heavy (non-hydrogen) atoms. The van der Waals surface area contributed by atoms with Crippen LogP contribution in [-0.4, -0.2) is 17.2 Å². The first-order chi connectivity index (χ1) is 9.08. The summed E-state index contributed by atoms with van der Waals surface area (Å²) >= 11 is 0. The maximum absolute atomic E-state index is 13.1. The summed E-state index contributed by atoms with van der Waals surface area (Å²) in [5.41, 5.74) is -0.707. The Balaban J connectivity index is 1.96. The monoisotopic (exact) mass is 267 g/mol. The Labute approximate surface area is 111 Å². The quantitative estimate of drug-likeness (QED) is 0.863. The van der Waals surface area contributed by atoms with Crippen LogP contribution in [0.3, 0.4) is 0 Å². The normalized spacial score (nSPS) is 34.5. The second-order valence-corrected chi connectivity index (χ2v) is 5.82. The molecule has 0 aliphatic carbocycles. The third kappa shape index (κ3) is 2.39. The lowest BCUT2D eigenvalue weighted by atomic mass is 9.73. The van der Waals surface area contributed by atoms with Crippen molar-refractivity contribution in [3.05, 3.63) is 35.4 Å². The summed E-state index contributed by atoms with van der Waals surface area (Å²) in [4.78, 5) is 0. The molecule has 2 saturated heterocycles. The van der Waals surface area contributed by atoms with Crippen molar-refractivity contribution in [2.45, 2.75) is 56.2 Å². The smallest absolute Gasteiger partial charge is 0.264 e. The van der Waals surface area contributed by atoms with Gasteiger partial charge in [-0.25, -0.2) is 8.78 Å². The molecular weight excluding hydrogens is 248 g/mol. The van der Waals surface area contributed by atoms with Crippen LogP contribution < -0.4 is 5.32 Å². The highest BCUT2D eigenvalue weighted by atomic mass is 19.3. The van der Waals surface area contributed by atoms with Gasteiger partial charge in [0.2, 0.25) is 0 Å². The minimum absolute atomic E-state index is 0.0232. The Kier molecular flexibility index (Phi) is 3.31. The van der Waals surface area contributed by atoms with Gasteiger partial charge in [0.25, 0.3) is 6.43 Å². The van der Waals surface area contributed by atoms with E-state index in [1.54, 1.807) is 18.2 Å². The average Bonchev–Trinajstić information content (AvgIpc) is 2.38. The molecule has 2 fully saturated rings. The zero-order valence-corrected chi connectivity index (χ0v) is 10.8. The number of rotatable bonds is 2. The SMILES string of the molecule is OC1(c2ccccc2C(F)F)CC2CCCC(C1)N2. The summed E-state index contributed by atoms with van der Waals surface area (Å²) in [5, 5.41) is 14.4. The van der Waals surface area contributed by atoms with E-state index in [1.807, 2.05) is 0 Å². The molecule has 2 nitrogen and oxygen atoms in total. The summed E-state index contributed by atoms with van der Waals surface area (Å²) in [5.74, 6) is 0. The summed E-state index contributed by atoms with van der Waals surface area (Å²) in [7, 11) is 0. The molecule has 2 N–H and O–H groups in total. The molecule has 0 aromatic heterocycles. The fourth-order valence-corrected chi connectivity index (χ4v) is 3.66. The number of aliphatic hydroxyl groups is 1. The van der Waals surface area contributed by atoms with E-state index in [0.29, 0.717) is 18.4 Å². The molecule has 2 unspecified atom stereocenters. The van der Waals surface area contributed by atoms with Gasteiger partial charge in [-0.2, -0.15) is 0 Å². The number of piperidine rings is 2. The lowest BCUT2D eigenvalue weighted by Gasteiger charge is -2.46. The number of alkyl halides is 2. The average molecular weight is 267 g/mol. The summed E-state index contributed by atoms with van der Waals surface area (Å²) in [6, 6.07) is 6.93. The number of benzene rings is 1. The highest BCUT2D eigenvalue weighted by molar-refractivity contribution is 5.34. The van der Waals surface area contributed by atoms with Crippen molar-refractivity contribution in [1.82, 2.24) is 5.32 Å². The van der Waals surface area contributed by atoms with Crippen LogP contribution in [-0.2, 0) is 5.60 Å². The van der Waals surface area contributed by atoms with Crippen LogP contribution in [0, 0.1) is 0 Å². The molecule has 2 atom stereocenters. The molecule has 0 radical (unpaired) electrons. The summed E-state index contributed by atoms with van der Waals surface area (Å²) < 4.78 is 26.2. The first kappa shape index (κ1) is 13.0. The van der Waals surface area contributed by atoms with Crippen molar-refractivity contribution in [3.63, 3.8) is 0 Å². The van der Waals surface area contributed by atoms with Crippen LogP contribution in [0.5, 0.6) is 0 Å². The third-order valence-corrected chi connectivity index (χ3v) is 4.44. The molecule has 2 aliphatic heterocycles. The van der Waals surface area contributed by atoms with Gasteiger partial charge in [0.1, 0.15) is 0 Å². The topological polar surface area (TPSA) is 32.3 Å². The zero-order valence-electron chi connectivity index (χ0n) is 10.8. The molecular formula is C15H19F2NO. The number of fused-ring (bicyclic) bond motifs is 2. The molecule has 2 heterocycles. The predicted molar refractivity (Wildman–Crippen MR) is 69.1 cm³/mol. The van der Waals surface area contributed by atoms with Gasteiger partial charge in [0, 0.05) is 17.6 Å². The van der Waals surface area contributed by atoms with Crippen molar-refractivity contribution in [2.75, 3.05) is 0 Å². The minimum Gasteiger partial charge on any atom is -0.385 e. The fourth-order valence-electron chi connectivity index (χ4n) is 3.66. The van der Waals surface area contributed by atoms with E-state index < -0.39 is 12.0 Å². The summed E-state index contributed by atoms with van der Waals surface area (Å²) in [6.45, 7) is 0. The number of halogens is 2. The third-order valence-electron chi connectivity index (χ3n) is 4.44. The second-order valence-electron chi connectivity index (χ2n) is 5.82. The molecule has 1 aromatic carbocycles. The molecule has 3 rings (SSSR count). The van der Waals surface area contributed by atoms with Gasteiger partial charge in [0.15, 0.2) is 0 Å². The molecule has 0 amide bonds. The van der Waals surface area contributed by atoms with E-state index in [-0.39, 0.29) is 17.6 Å². The second kappa shape index (κ2) is 4.84. The Morgan fingerprint density at radius 2 is 1.79 bits per heavy atom. The highest BCUT2D eigenvalue weighted by Gasteiger charge is 2.43. The fraction of sp³-hybridized carbons (Fsp3) is 0.600. The molecule has 0 saturated carbocycles. The standard InChI is InChI=1S/C15H19F2NO/c16-14(17)12-6-1-2-7-13(12)15(19)8-10-4-3-5-11(9-15)18-10/h1-2,6-7,10-11,14,18-19H,3-5,8-9H2. The maximum atomic E-state index is 13.1. The minimum atomic E-state index is -2.53. The Hall–Kier alpha value is -1.00. The predicted octanol–water partition coefficient (Wildman–Crippen LogP) is 3.12. The number of hydrogen-bond donors (Lipinski definition) is 2. The van der Waals surface area contributed by atoms with Crippen LogP contribution in [0.2, 0.25) is 0 Å². The van der Waals surface area contributed by atoms with E-state index in [4.69, 9.17) is 0 Å². The van der Waals surface area contributed by atoms with Crippen LogP contribution in [0.15, 0.2) is 24.3 Å². The maximum Gasteiger partial charge on any atom is 0.264 e. The zero-order chi connectivity index (χ0) is 13.5. The molecule has 2 bridgehead atoms. The Morgan fingerprint density at radius 3 is 2.42 bits per heavy atom. The number of nitrogens with one attached hydrogen (secondary N) is 1. The first-order valence-corrected chi connectivity index (χ1v) is 6.94. The van der Waals surface area contributed by atoms with Gasteiger partial charge in [-0.05, 0) is 31.2 Å².